The second kappa shape index (κ2) is 8.17. The van der Waals surface area contributed by atoms with Crippen LogP contribution in [0.3, 0.4) is 0 Å². The van der Waals surface area contributed by atoms with Crippen LogP contribution in [0.25, 0.3) is 0 Å². The number of urea groups is 1. The number of hydrogen-bond acceptors (Lipinski definition) is 3. The Kier molecular flexibility index (Phi) is 6.21. The molecule has 0 aromatic heterocycles. The molecule has 1 saturated carbocycles. The summed E-state index contributed by atoms with van der Waals surface area (Å²) in [4.78, 5) is 12.8. The van der Waals surface area contributed by atoms with Crippen LogP contribution < -0.4 is 10.6 Å². The monoisotopic (exact) mass is 294 g/mol. The van der Waals surface area contributed by atoms with Gasteiger partial charge in [-0.15, -0.1) is 11.8 Å². The minimum absolute atomic E-state index is 0.162. The van der Waals surface area contributed by atoms with Crippen LogP contribution in [-0.2, 0) is 4.74 Å². The molecule has 20 heavy (non-hydrogen) atoms. The molecule has 4 nitrogen and oxygen atoms in total. The largest absolute Gasteiger partial charge is 0.381 e. The molecular weight excluding hydrogens is 272 g/mol. The molecule has 0 heterocycles. The van der Waals surface area contributed by atoms with E-state index in [9.17, 15) is 4.79 Å². The molecule has 0 saturated heterocycles. The third kappa shape index (κ3) is 5.84. The summed E-state index contributed by atoms with van der Waals surface area (Å²) in [5.41, 5.74) is 0.819. The van der Waals surface area contributed by atoms with Gasteiger partial charge < -0.3 is 15.4 Å². The second-order valence-electron chi connectivity index (χ2n) is 4.98. The summed E-state index contributed by atoms with van der Waals surface area (Å²) in [6, 6.07) is 7.64. The van der Waals surface area contributed by atoms with Crippen molar-refractivity contribution < 1.29 is 9.53 Å². The number of ether oxygens (including phenoxy) is 1. The number of nitrogens with one attached hydrogen (secondary N) is 2. The molecule has 110 valence electrons. The molecule has 2 N–H and O–H groups in total. The van der Waals surface area contributed by atoms with Crippen molar-refractivity contribution in [3.8, 4) is 0 Å². The summed E-state index contributed by atoms with van der Waals surface area (Å²) in [7, 11) is 0. The van der Waals surface area contributed by atoms with Gasteiger partial charge in [-0.3, -0.25) is 0 Å². The molecule has 1 aromatic rings. The van der Waals surface area contributed by atoms with Crippen LogP contribution >= 0.6 is 11.8 Å². The maximum atomic E-state index is 11.7. The van der Waals surface area contributed by atoms with Crippen LogP contribution in [0.5, 0.6) is 0 Å². The summed E-state index contributed by atoms with van der Waals surface area (Å²) in [5, 5.41) is 5.67. The van der Waals surface area contributed by atoms with Crippen molar-refractivity contribution in [3.05, 3.63) is 24.3 Å². The average Bonchev–Trinajstić information content (AvgIpc) is 3.27. The van der Waals surface area contributed by atoms with Crippen molar-refractivity contribution in [3.63, 3.8) is 0 Å². The van der Waals surface area contributed by atoms with Crippen LogP contribution in [0.1, 0.15) is 19.3 Å². The summed E-state index contributed by atoms with van der Waals surface area (Å²) in [6.07, 6.45) is 5.50. The lowest BCUT2D eigenvalue weighted by molar-refractivity contribution is 0.122. The summed E-state index contributed by atoms with van der Waals surface area (Å²) in [6.45, 7) is 2.24. The fourth-order valence-corrected chi connectivity index (χ4v) is 2.25. The first kappa shape index (κ1) is 15.2. The number of carbonyl (C=O) groups excluding carboxylic acids is 1. The van der Waals surface area contributed by atoms with Gasteiger partial charge in [0.15, 0.2) is 0 Å². The van der Waals surface area contributed by atoms with E-state index in [1.807, 2.05) is 30.5 Å². The molecule has 1 aliphatic carbocycles. The zero-order valence-electron chi connectivity index (χ0n) is 11.9. The molecule has 1 aromatic carbocycles. The van der Waals surface area contributed by atoms with Gasteiger partial charge in [-0.05, 0) is 49.6 Å². The molecule has 0 radical (unpaired) electrons. The van der Waals surface area contributed by atoms with E-state index in [0.29, 0.717) is 6.54 Å². The summed E-state index contributed by atoms with van der Waals surface area (Å²) in [5.74, 6) is 0.801. The molecule has 5 heteroatoms. The van der Waals surface area contributed by atoms with Crippen molar-refractivity contribution in [1.29, 1.82) is 0 Å². The number of benzene rings is 1. The fraction of sp³-hybridized carbons (Fsp3) is 0.533. The molecule has 2 amide bonds. The number of rotatable bonds is 8. The number of hydrogen-bond donors (Lipinski definition) is 2. The Labute approximate surface area is 124 Å². The van der Waals surface area contributed by atoms with Gasteiger partial charge in [0.1, 0.15) is 0 Å². The molecule has 0 atom stereocenters. The molecule has 1 fully saturated rings. The molecular formula is C15H22N2O2S. The van der Waals surface area contributed by atoms with Crippen LogP contribution in [-0.4, -0.2) is 32.0 Å². The third-order valence-corrected chi connectivity index (χ3v) is 3.85. The normalized spacial score (nSPS) is 14.1. The zero-order chi connectivity index (χ0) is 14.2. The Morgan fingerprint density at radius 2 is 2.30 bits per heavy atom. The molecule has 2 rings (SSSR count). The van der Waals surface area contributed by atoms with E-state index in [-0.39, 0.29) is 6.03 Å². The van der Waals surface area contributed by atoms with Crippen molar-refractivity contribution in [2.75, 3.05) is 31.3 Å². The summed E-state index contributed by atoms with van der Waals surface area (Å²) >= 11 is 1.66. The maximum Gasteiger partial charge on any atom is 0.319 e. The second-order valence-corrected chi connectivity index (χ2v) is 5.86. The van der Waals surface area contributed by atoms with Gasteiger partial charge in [-0.1, -0.05) is 6.07 Å². The number of anilines is 1. The Balaban J connectivity index is 1.56. The van der Waals surface area contributed by atoms with Gasteiger partial charge in [0.05, 0.1) is 0 Å². The average molecular weight is 294 g/mol. The van der Waals surface area contributed by atoms with E-state index < -0.39 is 0 Å². The lowest BCUT2D eigenvalue weighted by Gasteiger charge is -2.08. The fourth-order valence-electron chi connectivity index (χ4n) is 1.79. The highest BCUT2D eigenvalue weighted by Crippen LogP contribution is 2.28. The molecule has 0 bridgehead atoms. The maximum absolute atomic E-state index is 11.7. The third-order valence-electron chi connectivity index (χ3n) is 3.13. The minimum Gasteiger partial charge on any atom is -0.381 e. The predicted molar refractivity (Wildman–Crippen MR) is 83.4 cm³/mol. The Morgan fingerprint density at radius 3 is 3.05 bits per heavy atom. The summed E-state index contributed by atoms with van der Waals surface area (Å²) < 4.78 is 5.51. The highest BCUT2D eigenvalue weighted by molar-refractivity contribution is 7.98. The van der Waals surface area contributed by atoms with E-state index in [4.69, 9.17) is 4.74 Å². The van der Waals surface area contributed by atoms with Crippen molar-refractivity contribution in [2.24, 2.45) is 5.92 Å². The van der Waals surface area contributed by atoms with E-state index in [2.05, 4.69) is 10.6 Å². The lowest BCUT2D eigenvalue weighted by atomic mass is 10.3. The van der Waals surface area contributed by atoms with E-state index in [0.717, 1.165) is 36.1 Å². The molecule has 0 spiro atoms. The van der Waals surface area contributed by atoms with E-state index in [1.54, 1.807) is 11.8 Å². The van der Waals surface area contributed by atoms with E-state index in [1.165, 1.54) is 12.8 Å². The zero-order valence-corrected chi connectivity index (χ0v) is 12.7. The standard InChI is InChI=1S/C15H22N2O2S/c1-20-14-5-2-4-13(10-14)17-15(18)16-8-3-9-19-11-12-6-7-12/h2,4-5,10,12H,3,6-9,11H2,1H3,(H2,16,17,18). The predicted octanol–water partition coefficient (Wildman–Crippen LogP) is 3.35. The minimum atomic E-state index is -0.162. The highest BCUT2D eigenvalue weighted by Gasteiger charge is 2.20. The smallest absolute Gasteiger partial charge is 0.319 e. The first-order valence-electron chi connectivity index (χ1n) is 7.04. The van der Waals surface area contributed by atoms with Gasteiger partial charge in [0.2, 0.25) is 0 Å². The van der Waals surface area contributed by atoms with Crippen molar-refractivity contribution in [2.45, 2.75) is 24.2 Å². The molecule has 0 aliphatic heterocycles. The van der Waals surface area contributed by atoms with Gasteiger partial charge in [0, 0.05) is 30.3 Å². The van der Waals surface area contributed by atoms with E-state index >= 15 is 0 Å². The Hall–Kier alpha value is -1.20. The van der Waals surface area contributed by atoms with Gasteiger partial charge >= 0.3 is 6.03 Å². The van der Waals surface area contributed by atoms with Crippen LogP contribution in [0.4, 0.5) is 10.5 Å². The first-order valence-corrected chi connectivity index (χ1v) is 8.27. The molecule has 1 aliphatic rings. The number of thioether (sulfide) groups is 1. The quantitative estimate of drug-likeness (QED) is 0.571. The van der Waals surface area contributed by atoms with Crippen LogP contribution in [0.2, 0.25) is 0 Å². The van der Waals surface area contributed by atoms with Crippen molar-refractivity contribution in [1.82, 2.24) is 5.32 Å². The van der Waals surface area contributed by atoms with Gasteiger partial charge in [-0.2, -0.15) is 0 Å². The Bertz CT molecular complexity index is 436. The van der Waals surface area contributed by atoms with Crippen molar-refractivity contribution >= 4 is 23.5 Å². The van der Waals surface area contributed by atoms with Crippen LogP contribution in [0.15, 0.2) is 29.2 Å². The number of amides is 2. The SMILES string of the molecule is CSc1cccc(NC(=O)NCCCOCC2CC2)c1. The van der Waals surface area contributed by atoms with Gasteiger partial charge in [-0.25, -0.2) is 4.79 Å². The number of carbonyl (C=O) groups is 1. The van der Waals surface area contributed by atoms with Crippen LogP contribution in [0, 0.1) is 5.92 Å². The van der Waals surface area contributed by atoms with Gasteiger partial charge in [0.25, 0.3) is 0 Å². The Morgan fingerprint density at radius 1 is 1.45 bits per heavy atom. The molecule has 0 unspecified atom stereocenters. The lowest BCUT2D eigenvalue weighted by Crippen LogP contribution is -2.30. The highest BCUT2D eigenvalue weighted by atomic mass is 32.2. The topological polar surface area (TPSA) is 50.4 Å². The first-order chi connectivity index (χ1) is 9.78.